The fraction of sp³-hybridized carbons (Fsp3) is 0.257. The van der Waals surface area contributed by atoms with E-state index in [9.17, 15) is 9.59 Å². The van der Waals surface area contributed by atoms with E-state index in [1.165, 1.54) is 12.3 Å². The number of Topliss-reactive ketones (excluding diaryl/α,β-unsaturated/α-hetero) is 1. The van der Waals surface area contributed by atoms with Gasteiger partial charge in [-0.2, -0.15) is 0 Å². The van der Waals surface area contributed by atoms with Crippen LogP contribution < -0.4 is 16.9 Å². The molecule has 1 fully saturated rings. The van der Waals surface area contributed by atoms with Gasteiger partial charge in [0.1, 0.15) is 11.6 Å². The largest absolute Gasteiger partial charge is 0.404 e. The third kappa shape index (κ3) is 6.84. The molecule has 44 heavy (non-hydrogen) atoms. The zero-order valence-corrected chi connectivity index (χ0v) is 24.9. The lowest BCUT2D eigenvalue weighted by atomic mass is 9.96. The van der Waals surface area contributed by atoms with E-state index in [1.807, 2.05) is 42.0 Å². The molecule has 0 unspecified atom stereocenters. The van der Waals surface area contributed by atoms with E-state index in [-0.39, 0.29) is 28.8 Å². The van der Waals surface area contributed by atoms with Crippen molar-refractivity contribution < 1.29 is 13.9 Å². The van der Waals surface area contributed by atoms with Gasteiger partial charge in [-0.3, -0.25) is 14.6 Å². The van der Waals surface area contributed by atoms with Crippen molar-refractivity contribution in [2.45, 2.75) is 32.7 Å². The molecule has 2 aromatic heterocycles. The van der Waals surface area contributed by atoms with Crippen molar-refractivity contribution in [2.24, 2.45) is 16.6 Å². The number of nitrogens with two attached hydrogens (primary N) is 2. The van der Waals surface area contributed by atoms with Crippen LogP contribution in [-0.2, 0) is 17.7 Å². The van der Waals surface area contributed by atoms with Crippen molar-refractivity contribution in [1.29, 1.82) is 0 Å². The molecule has 226 valence electrons. The minimum absolute atomic E-state index is 0.0402. The third-order valence-corrected chi connectivity index (χ3v) is 7.97. The fourth-order valence-electron chi connectivity index (χ4n) is 5.44. The Balaban J connectivity index is 1.46. The Kier molecular flexibility index (Phi) is 9.45. The normalized spacial score (nSPS) is 14.3. The number of nitrogen functional groups attached to an aromatic ring is 1. The predicted octanol–water partition coefficient (Wildman–Crippen LogP) is 5.46. The summed E-state index contributed by atoms with van der Waals surface area (Å²) in [6.45, 7) is 4.02. The van der Waals surface area contributed by atoms with Gasteiger partial charge >= 0.3 is 0 Å². The molecule has 1 aliphatic rings. The minimum Gasteiger partial charge on any atom is -0.404 e. The molecule has 0 aliphatic carbocycles. The first-order chi connectivity index (χ1) is 21.3. The topological polar surface area (TPSA) is 126 Å². The standard InChI is InChI=1S/C35H36FN5O3/c1-22-3-5-24(6-4-22)30-20-41(19-23-9-11-44-12-10-23)21-31(34(30)43)33(42)15-26-8-7-25(14-32(26)36)29-13-27(18-40-35(29)38)28(16-37)17-39-2/h3-8,13-14,16-18,20-21,23H,9-12,15,19,37H2,1-2H3,(H2,38,40). The SMILES string of the molecule is CN=CC(=CN)c1cnc(N)c(-c2ccc(CC(=O)c3cn(CC4CCOCC4)cc(-c4ccc(C)cc4)c3=O)c(F)c2)c1. The van der Waals surface area contributed by atoms with Gasteiger partial charge in [-0.1, -0.05) is 42.0 Å². The Bertz CT molecular complexity index is 1790. The molecule has 4 aromatic rings. The lowest BCUT2D eigenvalue weighted by Gasteiger charge is -2.23. The summed E-state index contributed by atoms with van der Waals surface area (Å²) < 4.78 is 22.9. The van der Waals surface area contributed by atoms with Gasteiger partial charge in [-0.05, 0) is 54.5 Å². The van der Waals surface area contributed by atoms with Gasteiger partial charge in [-0.15, -0.1) is 0 Å². The summed E-state index contributed by atoms with van der Waals surface area (Å²) in [5, 5.41) is 0. The second kappa shape index (κ2) is 13.6. The summed E-state index contributed by atoms with van der Waals surface area (Å²) in [7, 11) is 1.63. The number of pyridine rings is 2. The number of aromatic nitrogens is 2. The zero-order valence-electron chi connectivity index (χ0n) is 24.9. The number of hydrogen-bond acceptors (Lipinski definition) is 7. The molecule has 8 nitrogen and oxygen atoms in total. The highest BCUT2D eigenvalue weighted by Gasteiger charge is 2.21. The van der Waals surface area contributed by atoms with Gasteiger partial charge in [0.15, 0.2) is 11.2 Å². The third-order valence-electron chi connectivity index (χ3n) is 7.97. The second-order valence-corrected chi connectivity index (χ2v) is 11.1. The van der Waals surface area contributed by atoms with Crippen LogP contribution in [0.4, 0.5) is 10.2 Å². The number of hydrogen-bond donors (Lipinski definition) is 2. The maximum absolute atomic E-state index is 15.5. The van der Waals surface area contributed by atoms with Gasteiger partial charge < -0.3 is 20.8 Å². The number of ketones is 1. The Morgan fingerprint density at radius 1 is 1.09 bits per heavy atom. The van der Waals surface area contributed by atoms with Gasteiger partial charge in [0.2, 0.25) is 0 Å². The Morgan fingerprint density at radius 2 is 1.82 bits per heavy atom. The van der Waals surface area contributed by atoms with Crippen LogP contribution in [0.2, 0.25) is 0 Å². The van der Waals surface area contributed by atoms with Crippen LogP contribution >= 0.6 is 0 Å². The Morgan fingerprint density at radius 3 is 2.50 bits per heavy atom. The molecule has 1 saturated heterocycles. The van der Waals surface area contributed by atoms with Crippen LogP contribution in [0.25, 0.3) is 27.8 Å². The number of carbonyl (C=O) groups is 1. The van der Waals surface area contributed by atoms with Crippen molar-refractivity contribution in [3.05, 3.63) is 112 Å². The molecule has 2 aromatic carbocycles. The molecule has 0 saturated carbocycles. The number of carbonyl (C=O) groups excluding carboxylic acids is 1. The number of rotatable bonds is 9. The molecular formula is C35H36FN5O3. The predicted molar refractivity (Wildman–Crippen MR) is 173 cm³/mol. The molecule has 9 heteroatoms. The summed E-state index contributed by atoms with van der Waals surface area (Å²) in [6.07, 6.45) is 9.56. The van der Waals surface area contributed by atoms with Crippen molar-refractivity contribution in [3.8, 4) is 22.3 Å². The van der Waals surface area contributed by atoms with Crippen molar-refractivity contribution in [1.82, 2.24) is 9.55 Å². The average molecular weight is 594 g/mol. The quantitative estimate of drug-likeness (QED) is 0.196. The van der Waals surface area contributed by atoms with Crippen LogP contribution in [0, 0.1) is 18.7 Å². The first-order valence-corrected chi connectivity index (χ1v) is 14.6. The summed E-state index contributed by atoms with van der Waals surface area (Å²) in [5.41, 5.74) is 16.3. The number of nitrogens with zero attached hydrogens (tertiary/aromatic N) is 3. The molecular weight excluding hydrogens is 557 g/mol. The van der Waals surface area contributed by atoms with Crippen molar-refractivity contribution in [2.75, 3.05) is 26.0 Å². The molecule has 1 aliphatic heterocycles. The summed E-state index contributed by atoms with van der Waals surface area (Å²) in [5.74, 6) is -0.436. The summed E-state index contributed by atoms with van der Waals surface area (Å²) in [4.78, 5) is 35.5. The number of anilines is 1. The van der Waals surface area contributed by atoms with Crippen LogP contribution in [0.5, 0.6) is 0 Å². The number of ether oxygens (including phenoxy) is 1. The average Bonchev–Trinajstić information content (AvgIpc) is 3.03. The molecule has 4 N–H and O–H groups in total. The summed E-state index contributed by atoms with van der Waals surface area (Å²) in [6, 6.07) is 14.0. The van der Waals surface area contributed by atoms with Crippen LogP contribution in [0.1, 0.15) is 39.9 Å². The molecule has 0 atom stereocenters. The second-order valence-electron chi connectivity index (χ2n) is 11.1. The van der Waals surface area contributed by atoms with Crippen LogP contribution in [-0.4, -0.2) is 41.8 Å². The zero-order chi connectivity index (χ0) is 31.2. The van der Waals surface area contributed by atoms with Gasteiger partial charge in [0.25, 0.3) is 0 Å². The molecule has 0 radical (unpaired) electrons. The lowest BCUT2D eigenvalue weighted by Crippen LogP contribution is -2.25. The molecule has 3 heterocycles. The van der Waals surface area contributed by atoms with Gasteiger partial charge in [-0.25, -0.2) is 9.37 Å². The molecule has 5 rings (SSSR count). The molecule has 0 bridgehead atoms. The first kappa shape index (κ1) is 30.6. The maximum atomic E-state index is 15.5. The van der Waals surface area contributed by atoms with E-state index in [4.69, 9.17) is 16.2 Å². The fourth-order valence-corrected chi connectivity index (χ4v) is 5.44. The highest BCUT2D eigenvalue weighted by molar-refractivity contribution is 6.10. The monoisotopic (exact) mass is 593 g/mol. The number of aliphatic imine (C=N–C) groups is 1. The smallest absolute Gasteiger partial charge is 0.200 e. The van der Waals surface area contributed by atoms with E-state index < -0.39 is 11.6 Å². The molecule has 0 spiro atoms. The Hall–Kier alpha value is -4.89. The van der Waals surface area contributed by atoms with E-state index >= 15 is 4.39 Å². The van der Waals surface area contributed by atoms with Crippen molar-refractivity contribution >= 4 is 23.4 Å². The van der Waals surface area contributed by atoms with Crippen LogP contribution in [0.15, 0.2) is 83.1 Å². The number of benzene rings is 2. The van der Waals surface area contributed by atoms with E-state index in [1.54, 1.807) is 43.9 Å². The van der Waals surface area contributed by atoms with Gasteiger partial charge in [0, 0.05) is 86.5 Å². The minimum atomic E-state index is -0.581. The number of aryl methyl sites for hydroxylation is 1. The van der Waals surface area contributed by atoms with Crippen molar-refractivity contribution in [3.63, 3.8) is 0 Å². The molecule has 0 amide bonds. The number of allylic oxidation sites excluding steroid dienone is 1. The van der Waals surface area contributed by atoms with E-state index in [0.717, 1.165) is 24.0 Å². The summed E-state index contributed by atoms with van der Waals surface area (Å²) >= 11 is 0. The first-order valence-electron chi connectivity index (χ1n) is 14.6. The maximum Gasteiger partial charge on any atom is 0.200 e. The Labute approximate surface area is 255 Å². The highest BCUT2D eigenvalue weighted by atomic mass is 19.1. The lowest BCUT2D eigenvalue weighted by molar-refractivity contribution is 0.0612. The van der Waals surface area contributed by atoms with Gasteiger partial charge in [0.05, 0.1) is 5.56 Å². The highest BCUT2D eigenvalue weighted by Crippen LogP contribution is 2.29. The van der Waals surface area contributed by atoms with E-state index in [2.05, 4.69) is 9.98 Å². The number of halogens is 1. The van der Waals surface area contributed by atoms with Crippen LogP contribution in [0.3, 0.4) is 0 Å². The van der Waals surface area contributed by atoms with E-state index in [0.29, 0.717) is 53.5 Å².